The third-order valence-corrected chi connectivity index (χ3v) is 6.05. The van der Waals surface area contributed by atoms with Crippen molar-refractivity contribution in [2.75, 3.05) is 57.8 Å². The maximum atomic E-state index is 5.23. The van der Waals surface area contributed by atoms with Crippen LogP contribution in [-0.4, -0.2) is 83.9 Å². The van der Waals surface area contributed by atoms with Gasteiger partial charge in [0.1, 0.15) is 5.75 Å². The molecule has 0 atom stereocenters. The predicted molar refractivity (Wildman–Crippen MR) is 111 cm³/mol. The maximum Gasteiger partial charge on any atom is 0.245 e. The third-order valence-electron chi connectivity index (χ3n) is 6.05. The first-order chi connectivity index (χ1) is 13.8. The minimum absolute atomic E-state index is 0.688. The maximum absolute atomic E-state index is 5.23. The molecule has 0 unspecified atom stereocenters. The smallest absolute Gasteiger partial charge is 0.245 e. The summed E-state index contributed by atoms with van der Waals surface area (Å²) in [5.41, 5.74) is 1.88. The molecule has 0 amide bonds. The molecule has 0 bridgehead atoms. The molecule has 1 aromatic heterocycles. The van der Waals surface area contributed by atoms with Crippen LogP contribution in [0.3, 0.4) is 0 Å². The minimum atomic E-state index is 0.688. The molecule has 0 saturated carbocycles. The standard InChI is InChI=1S/C21H30N6O/c1-3-25-12-14-26(15-13-25)18-8-10-27(11-9-18)21-23-20(16-22-24-21)17-4-6-19(28-2)7-5-17/h4-7,16,18H,3,8-15H2,1-2H3. The lowest BCUT2D eigenvalue weighted by Gasteiger charge is -2.42. The van der Waals surface area contributed by atoms with E-state index in [2.05, 4.69) is 31.8 Å². The Hall–Kier alpha value is -2.25. The van der Waals surface area contributed by atoms with Crippen molar-refractivity contribution in [3.63, 3.8) is 0 Å². The molecule has 0 radical (unpaired) electrons. The zero-order valence-corrected chi connectivity index (χ0v) is 16.9. The topological polar surface area (TPSA) is 57.6 Å². The van der Waals surface area contributed by atoms with Crippen LogP contribution in [0.2, 0.25) is 0 Å². The Morgan fingerprint density at radius 1 is 1.00 bits per heavy atom. The van der Waals surface area contributed by atoms with Gasteiger partial charge in [0.25, 0.3) is 0 Å². The summed E-state index contributed by atoms with van der Waals surface area (Å²) >= 11 is 0. The normalized spacial score (nSPS) is 19.7. The van der Waals surface area contributed by atoms with Gasteiger partial charge in [-0.15, -0.1) is 5.10 Å². The summed E-state index contributed by atoms with van der Waals surface area (Å²) in [6.45, 7) is 10.2. The number of ether oxygens (including phenoxy) is 1. The molecule has 7 heteroatoms. The van der Waals surface area contributed by atoms with Crippen LogP contribution in [0.15, 0.2) is 30.5 Å². The Bertz CT molecular complexity index is 752. The van der Waals surface area contributed by atoms with Crippen LogP contribution in [0.5, 0.6) is 5.75 Å². The highest BCUT2D eigenvalue weighted by Crippen LogP contribution is 2.24. The van der Waals surface area contributed by atoms with Crippen LogP contribution in [0.1, 0.15) is 19.8 Å². The Morgan fingerprint density at radius 2 is 1.71 bits per heavy atom. The summed E-state index contributed by atoms with van der Waals surface area (Å²) in [7, 11) is 1.67. The number of anilines is 1. The summed E-state index contributed by atoms with van der Waals surface area (Å²) in [4.78, 5) is 12.3. The summed E-state index contributed by atoms with van der Waals surface area (Å²) in [6, 6.07) is 8.60. The van der Waals surface area contributed by atoms with Crippen molar-refractivity contribution in [2.45, 2.75) is 25.8 Å². The highest BCUT2D eigenvalue weighted by molar-refractivity contribution is 5.60. The number of piperazine rings is 1. The van der Waals surface area contributed by atoms with E-state index in [0.717, 1.165) is 36.0 Å². The van der Waals surface area contributed by atoms with Gasteiger partial charge in [-0.2, -0.15) is 5.10 Å². The second-order valence-electron chi connectivity index (χ2n) is 7.56. The van der Waals surface area contributed by atoms with Crippen molar-refractivity contribution in [1.29, 1.82) is 0 Å². The Balaban J connectivity index is 1.37. The molecule has 2 aliphatic heterocycles. The molecule has 1 aromatic carbocycles. The minimum Gasteiger partial charge on any atom is -0.497 e. The predicted octanol–water partition coefficient (Wildman–Crippen LogP) is 2.15. The molecule has 0 spiro atoms. The van der Waals surface area contributed by atoms with Crippen molar-refractivity contribution in [2.24, 2.45) is 0 Å². The SMILES string of the molecule is CCN1CCN(C2CCN(c3nncc(-c4ccc(OC)cc4)n3)CC2)CC1. The van der Waals surface area contributed by atoms with Crippen LogP contribution in [0.25, 0.3) is 11.3 Å². The summed E-state index contributed by atoms with van der Waals surface area (Å²) in [5, 5.41) is 8.50. The first kappa shape index (κ1) is 19.1. The third kappa shape index (κ3) is 4.25. The second kappa shape index (κ2) is 8.84. The van der Waals surface area contributed by atoms with E-state index in [0.29, 0.717) is 6.04 Å². The molecule has 0 aliphatic carbocycles. The van der Waals surface area contributed by atoms with E-state index in [1.165, 1.54) is 45.6 Å². The van der Waals surface area contributed by atoms with Crippen molar-refractivity contribution in [1.82, 2.24) is 25.0 Å². The largest absolute Gasteiger partial charge is 0.497 e. The quantitative estimate of drug-likeness (QED) is 0.785. The van der Waals surface area contributed by atoms with Crippen LogP contribution in [-0.2, 0) is 0 Å². The van der Waals surface area contributed by atoms with Gasteiger partial charge in [-0.25, -0.2) is 4.98 Å². The Morgan fingerprint density at radius 3 is 2.36 bits per heavy atom. The van der Waals surface area contributed by atoms with Gasteiger partial charge < -0.3 is 14.5 Å². The fraction of sp³-hybridized carbons (Fsp3) is 0.571. The highest BCUT2D eigenvalue weighted by atomic mass is 16.5. The number of likely N-dealkylation sites (N-methyl/N-ethyl adjacent to an activating group) is 1. The molecule has 7 nitrogen and oxygen atoms in total. The molecule has 3 heterocycles. The molecular weight excluding hydrogens is 352 g/mol. The summed E-state index contributed by atoms with van der Waals surface area (Å²) in [5.74, 6) is 1.58. The molecule has 28 heavy (non-hydrogen) atoms. The molecule has 2 fully saturated rings. The van der Waals surface area contributed by atoms with Crippen molar-refractivity contribution >= 4 is 5.95 Å². The average Bonchev–Trinajstić information content (AvgIpc) is 2.79. The van der Waals surface area contributed by atoms with Gasteiger partial charge in [-0.05, 0) is 43.7 Å². The molecule has 4 rings (SSSR count). The van der Waals surface area contributed by atoms with E-state index in [9.17, 15) is 0 Å². The van der Waals surface area contributed by atoms with E-state index >= 15 is 0 Å². The lowest BCUT2D eigenvalue weighted by molar-refractivity contribution is 0.0877. The van der Waals surface area contributed by atoms with Gasteiger partial charge in [0.15, 0.2) is 0 Å². The van der Waals surface area contributed by atoms with Crippen molar-refractivity contribution in [3.8, 4) is 17.0 Å². The van der Waals surface area contributed by atoms with E-state index in [-0.39, 0.29) is 0 Å². The summed E-state index contributed by atoms with van der Waals surface area (Å²) < 4.78 is 5.23. The lowest BCUT2D eigenvalue weighted by Crippen LogP contribution is -2.53. The number of benzene rings is 1. The number of hydrogen-bond acceptors (Lipinski definition) is 7. The van der Waals surface area contributed by atoms with Gasteiger partial charge in [-0.1, -0.05) is 6.92 Å². The van der Waals surface area contributed by atoms with Gasteiger partial charge in [-0.3, -0.25) is 4.90 Å². The van der Waals surface area contributed by atoms with Gasteiger partial charge in [0.05, 0.1) is 19.0 Å². The van der Waals surface area contributed by atoms with E-state index in [1.54, 1.807) is 13.3 Å². The lowest BCUT2D eigenvalue weighted by atomic mass is 10.0. The van der Waals surface area contributed by atoms with E-state index in [4.69, 9.17) is 9.72 Å². The van der Waals surface area contributed by atoms with E-state index < -0.39 is 0 Å². The molecule has 150 valence electrons. The van der Waals surface area contributed by atoms with Crippen LogP contribution >= 0.6 is 0 Å². The number of aromatic nitrogens is 3. The molecule has 2 aliphatic rings. The molecule has 0 N–H and O–H groups in total. The number of methoxy groups -OCH3 is 1. The first-order valence-corrected chi connectivity index (χ1v) is 10.3. The number of piperidine rings is 1. The van der Waals surface area contributed by atoms with E-state index in [1.807, 2.05) is 24.3 Å². The number of hydrogen-bond donors (Lipinski definition) is 0. The van der Waals surface area contributed by atoms with Crippen molar-refractivity contribution < 1.29 is 4.74 Å². The first-order valence-electron chi connectivity index (χ1n) is 10.3. The van der Waals surface area contributed by atoms with Crippen molar-refractivity contribution in [3.05, 3.63) is 30.5 Å². The second-order valence-corrected chi connectivity index (χ2v) is 7.56. The zero-order valence-electron chi connectivity index (χ0n) is 16.9. The van der Waals surface area contributed by atoms with Gasteiger partial charge in [0.2, 0.25) is 5.95 Å². The zero-order chi connectivity index (χ0) is 19.3. The summed E-state index contributed by atoms with van der Waals surface area (Å²) in [6.07, 6.45) is 4.07. The average molecular weight is 383 g/mol. The Kier molecular flexibility index (Phi) is 6.02. The molecule has 2 saturated heterocycles. The number of rotatable bonds is 5. The molecule has 2 aromatic rings. The van der Waals surface area contributed by atoms with Crippen LogP contribution in [0.4, 0.5) is 5.95 Å². The van der Waals surface area contributed by atoms with Gasteiger partial charge in [0, 0.05) is 50.9 Å². The fourth-order valence-electron chi connectivity index (χ4n) is 4.20. The Labute approximate surface area is 167 Å². The van der Waals surface area contributed by atoms with Crippen LogP contribution < -0.4 is 9.64 Å². The fourth-order valence-corrected chi connectivity index (χ4v) is 4.20. The van der Waals surface area contributed by atoms with Crippen LogP contribution in [0, 0.1) is 0 Å². The monoisotopic (exact) mass is 382 g/mol. The molecular formula is C21H30N6O. The number of nitrogens with zero attached hydrogens (tertiary/aromatic N) is 6. The highest BCUT2D eigenvalue weighted by Gasteiger charge is 2.28. The van der Waals surface area contributed by atoms with Gasteiger partial charge >= 0.3 is 0 Å².